The Balaban J connectivity index is 1.56. The average Bonchev–Trinajstić information content (AvgIpc) is 2.97. The molecule has 3 saturated carbocycles. The van der Waals surface area contributed by atoms with Crippen molar-refractivity contribution in [1.29, 1.82) is 0 Å². The number of aliphatic hydroxyl groups is 1. The van der Waals surface area contributed by atoms with Crippen molar-refractivity contribution in [1.82, 2.24) is 0 Å². The highest BCUT2D eigenvalue weighted by molar-refractivity contribution is 5.31. The third-order valence-corrected chi connectivity index (χ3v) is 11.8. The van der Waals surface area contributed by atoms with Crippen LogP contribution in [-0.4, -0.2) is 11.2 Å². The van der Waals surface area contributed by atoms with Gasteiger partial charge in [0.15, 0.2) is 0 Å². The van der Waals surface area contributed by atoms with Crippen molar-refractivity contribution < 1.29 is 5.11 Å². The van der Waals surface area contributed by atoms with Crippen LogP contribution < -0.4 is 0 Å². The quantitative estimate of drug-likeness (QED) is 0.451. The Morgan fingerprint density at radius 3 is 2.37 bits per heavy atom. The maximum Gasteiger partial charge on any atom is 0.0543 e. The van der Waals surface area contributed by atoms with Gasteiger partial charge >= 0.3 is 0 Å². The molecule has 0 heterocycles. The second kappa shape index (κ2) is 7.93. The molecule has 172 valence electrons. The van der Waals surface area contributed by atoms with E-state index in [4.69, 9.17) is 0 Å². The van der Waals surface area contributed by atoms with Crippen molar-refractivity contribution in [3.8, 4) is 0 Å². The summed E-state index contributed by atoms with van der Waals surface area (Å²) in [6.07, 6.45) is 15.7. The van der Waals surface area contributed by atoms with Crippen molar-refractivity contribution in [2.24, 2.45) is 51.8 Å². The lowest BCUT2D eigenvalue weighted by molar-refractivity contribution is -0.0562. The predicted octanol–water partition coefficient (Wildman–Crippen LogP) is 8.02. The minimum atomic E-state index is -0.0467. The molecule has 4 aliphatic carbocycles. The maximum atomic E-state index is 10.3. The van der Waals surface area contributed by atoms with Gasteiger partial charge in [-0.1, -0.05) is 73.0 Å². The summed E-state index contributed by atoms with van der Waals surface area (Å²) in [6, 6.07) is 0. The topological polar surface area (TPSA) is 20.2 Å². The Labute approximate surface area is 187 Å². The molecule has 0 aromatic heterocycles. The Hall–Kier alpha value is -0.300. The molecule has 30 heavy (non-hydrogen) atoms. The fourth-order valence-corrected chi connectivity index (χ4v) is 8.89. The molecule has 0 bridgehead atoms. The summed E-state index contributed by atoms with van der Waals surface area (Å²) in [5.74, 6) is 4.91. The number of aliphatic hydroxyl groups excluding tert-OH is 1. The fourth-order valence-electron chi connectivity index (χ4n) is 8.89. The SMILES string of the molecule is CC(C)[C@H](C)CC[C@@H](C)[C@H]1CC[C@@]2(C)[C@@H]3CC[C@H]4C[C@@H](O)CC[C@]4(C)C3=CC[C@]12C. The molecule has 0 saturated heterocycles. The molecule has 3 fully saturated rings. The van der Waals surface area contributed by atoms with Gasteiger partial charge in [-0.3, -0.25) is 0 Å². The van der Waals surface area contributed by atoms with Crippen molar-refractivity contribution in [2.75, 3.05) is 0 Å². The smallest absolute Gasteiger partial charge is 0.0543 e. The minimum absolute atomic E-state index is 0.0467. The number of hydrogen-bond acceptors (Lipinski definition) is 1. The molecule has 1 heteroatoms. The normalized spacial score (nSPS) is 47.8. The zero-order chi connectivity index (χ0) is 21.9. The van der Waals surface area contributed by atoms with E-state index in [0.717, 1.165) is 42.4 Å². The molecule has 1 N–H and O–H groups in total. The molecule has 0 aromatic carbocycles. The van der Waals surface area contributed by atoms with Crippen LogP contribution in [0, 0.1) is 51.8 Å². The van der Waals surface area contributed by atoms with Gasteiger partial charge in [-0.15, -0.1) is 0 Å². The number of rotatable bonds is 5. The summed E-state index contributed by atoms with van der Waals surface area (Å²) in [4.78, 5) is 0. The first kappa shape index (κ1) is 22.9. The van der Waals surface area contributed by atoms with Gasteiger partial charge in [0.25, 0.3) is 0 Å². The molecule has 0 unspecified atom stereocenters. The number of hydrogen-bond donors (Lipinski definition) is 1. The van der Waals surface area contributed by atoms with E-state index >= 15 is 0 Å². The van der Waals surface area contributed by atoms with E-state index in [9.17, 15) is 5.11 Å². The highest BCUT2D eigenvalue weighted by atomic mass is 16.3. The first-order valence-corrected chi connectivity index (χ1v) is 13.4. The van der Waals surface area contributed by atoms with Gasteiger partial charge in [0.2, 0.25) is 0 Å². The first-order valence-electron chi connectivity index (χ1n) is 13.4. The van der Waals surface area contributed by atoms with Crippen molar-refractivity contribution in [3.63, 3.8) is 0 Å². The number of fused-ring (bicyclic) bond motifs is 5. The first-order chi connectivity index (χ1) is 14.0. The van der Waals surface area contributed by atoms with Crippen LogP contribution in [0.15, 0.2) is 11.6 Å². The largest absolute Gasteiger partial charge is 0.393 e. The lowest BCUT2D eigenvalue weighted by atomic mass is 9.44. The third kappa shape index (κ3) is 3.36. The molecule has 1 nitrogen and oxygen atoms in total. The molecule has 0 aliphatic heterocycles. The van der Waals surface area contributed by atoms with Gasteiger partial charge in [-0.05, 0) is 103 Å². The van der Waals surface area contributed by atoms with Crippen LogP contribution in [0.25, 0.3) is 0 Å². The monoisotopic (exact) mass is 414 g/mol. The van der Waals surface area contributed by atoms with E-state index in [0.29, 0.717) is 22.2 Å². The molecule has 0 amide bonds. The molecular weight excluding hydrogens is 364 g/mol. The number of allylic oxidation sites excluding steroid dienone is 2. The standard InChI is InChI=1S/C29H50O/c1-19(2)20(3)8-9-21(4)24-13-16-29(7)26-11-10-22-18-23(30)12-15-27(22,5)25(26)14-17-28(24,29)6/h14,19-24,26,30H,8-13,15-18H2,1-7H3/t20-,21-,22+,23+,24-,26-,27+,28-,29+/m1/s1. The van der Waals surface area contributed by atoms with E-state index in [1.807, 2.05) is 5.57 Å². The summed E-state index contributed by atoms with van der Waals surface area (Å²) in [5, 5.41) is 10.3. The molecule has 0 radical (unpaired) electrons. The molecule has 0 spiro atoms. The fraction of sp³-hybridized carbons (Fsp3) is 0.931. The highest BCUT2D eigenvalue weighted by Gasteiger charge is 2.63. The lowest BCUT2D eigenvalue weighted by Gasteiger charge is -2.61. The van der Waals surface area contributed by atoms with E-state index in [1.165, 1.54) is 51.4 Å². The zero-order valence-electron chi connectivity index (χ0n) is 21.1. The van der Waals surface area contributed by atoms with E-state index in [2.05, 4.69) is 54.5 Å². The van der Waals surface area contributed by atoms with E-state index in [-0.39, 0.29) is 6.10 Å². The molecule has 4 rings (SSSR count). The summed E-state index contributed by atoms with van der Waals surface area (Å²) < 4.78 is 0. The average molecular weight is 415 g/mol. The van der Waals surface area contributed by atoms with E-state index < -0.39 is 0 Å². The lowest BCUT2D eigenvalue weighted by Crippen LogP contribution is -2.53. The minimum Gasteiger partial charge on any atom is -0.393 e. The summed E-state index contributed by atoms with van der Waals surface area (Å²) in [7, 11) is 0. The summed E-state index contributed by atoms with van der Waals surface area (Å²) in [5.41, 5.74) is 3.14. The van der Waals surface area contributed by atoms with Crippen molar-refractivity contribution in [2.45, 2.75) is 119 Å². The molecular formula is C29H50O. The van der Waals surface area contributed by atoms with Crippen LogP contribution in [0.1, 0.15) is 113 Å². The Morgan fingerprint density at radius 2 is 1.67 bits per heavy atom. The molecule has 9 atom stereocenters. The Bertz CT molecular complexity index is 663. The van der Waals surface area contributed by atoms with Gasteiger partial charge in [-0.2, -0.15) is 0 Å². The maximum absolute atomic E-state index is 10.3. The van der Waals surface area contributed by atoms with Gasteiger partial charge in [0.1, 0.15) is 0 Å². The van der Waals surface area contributed by atoms with Crippen LogP contribution in [0.4, 0.5) is 0 Å². The van der Waals surface area contributed by atoms with Gasteiger partial charge < -0.3 is 5.11 Å². The summed E-state index contributed by atoms with van der Waals surface area (Å²) >= 11 is 0. The zero-order valence-corrected chi connectivity index (χ0v) is 21.1. The second-order valence-electron chi connectivity index (χ2n) is 13.3. The third-order valence-electron chi connectivity index (χ3n) is 11.8. The summed E-state index contributed by atoms with van der Waals surface area (Å²) in [6.45, 7) is 17.7. The van der Waals surface area contributed by atoms with Crippen molar-refractivity contribution in [3.05, 3.63) is 11.6 Å². The van der Waals surface area contributed by atoms with Crippen LogP contribution in [0.5, 0.6) is 0 Å². The Kier molecular flexibility index (Phi) is 6.05. The van der Waals surface area contributed by atoms with Crippen molar-refractivity contribution >= 4 is 0 Å². The molecule has 0 aromatic rings. The van der Waals surface area contributed by atoms with Gasteiger partial charge in [0.05, 0.1) is 6.10 Å². The predicted molar refractivity (Wildman–Crippen MR) is 128 cm³/mol. The van der Waals surface area contributed by atoms with Crippen LogP contribution in [-0.2, 0) is 0 Å². The second-order valence-corrected chi connectivity index (χ2v) is 13.3. The van der Waals surface area contributed by atoms with Gasteiger partial charge in [0, 0.05) is 0 Å². The highest BCUT2D eigenvalue weighted by Crippen LogP contribution is 2.71. The molecule has 4 aliphatic rings. The van der Waals surface area contributed by atoms with Crippen LogP contribution in [0.3, 0.4) is 0 Å². The van der Waals surface area contributed by atoms with Crippen LogP contribution >= 0.6 is 0 Å². The van der Waals surface area contributed by atoms with Crippen LogP contribution in [0.2, 0.25) is 0 Å². The van der Waals surface area contributed by atoms with E-state index in [1.54, 1.807) is 0 Å². The van der Waals surface area contributed by atoms with Gasteiger partial charge in [-0.25, -0.2) is 0 Å². The Morgan fingerprint density at radius 1 is 0.933 bits per heavy atom.